The van der Waals surface area contributed by atoms with Gasteiger partial charge in [0.2, 0.25) is 0 Å². The van der Waals surface area contributed by atoms with Gasteiger partial charge in [-0.3, -0.25) is 9.88 Å². The number of para-hydroxylation sites is 1. The van der Waals surface area contributed by atoms with Gasteiger partial charge in [-0.05, 0) is 42.8 Å². The smallest absolute Gasteiger partial charge is 0.337 e. The number of pyridine rings is 1. The molecule has 7 heteroatoms. The number of benzene rings is 2. The number of rotatable bonds is 5. The van der Waals surface area contributed by atoms with Crippen LogP contribution in [0.1, 0.15) is 22.5 Å². The molecule has 0 unspecified atom stereocenters. The zero-order valence-corrected chi connectivity index (χ0v) is 18.7. The summed E-state index contributed by atoms with van der Waals surface area (Å²) in [4.78, 5) is 21.6. The van der Waals surface area contributed by atoms with Gasteiger partial charge in [-0.1, -0.05) is 24.3 Å². The molecule has 168 valence electrons. The molecule has 33 heavy (non-hydrogen) atoms. The normalized spacial score (nSPS) is 14.9. The number of carbonyl (C=O) groups is 1. The quantitative estimate of drug-likeness (QED) is 0.438. The predicted molar refractivity (Wildman–Crippen MR) is 129 cm³/mol. The van der Waals surface area contributed by atoms with Crippen molar-refractivity contribution in [1.29, 1.82) is 0 Å². The van der Waals surface area contributed by atoms with Crippen LogP contribution in [-0.4, -0.2) is 58.9 Å². The molecular formula is C26H27N5O2. The van der Waals surface area contributed by atoms with Crippen molar-refractivity contribution >= 4 is 22.6 Å². The van der Waals surface area contributed by atoms with Crippen LogP contribution in [0.2, 0.25) is 0 Å². The molecule has 0 radical (unpaired) electrons. The predicted octanol–water partition coefficient (Wildman–Crippen LogP) is 3.92. The minimum atomic E-state index is -0.326. The van der Waals surface area contributed by atoms with Crippen LogP contribution in [0.4, 0.5) is 5.69 Å². The summed E-state index contributed by atoms with van der Waals surface area (Å²) in [5, 5.41) is 5.71. The van der Waals surface area contributed by atoms with Gasteiger partial charge in [-0.2, -0.15) is 5.10 Å². The average Bonchev–Trinajstić information content (AvgIpc) is 3.21. The molecule has 7 nitrogen and oxygen atoms in total. The van der Waals surface area contributed by atoms with Gasteiger partial charge < -0.3 is 9.64 Å². The molecule has 0 spiro atoms. The first-order valence-corrected chi connectivity index (χ1v) is 11.3. The monoisotopic (exact) mass is 441 g/mol. The molecule has 2 aromatic heterocycles. The van der Waals surface area contributed by atoms with Gasteiger partial charge in [-0.25, -0.2) is 9.48 Å². The molecule has 2 aromatic carbocycles. The van der Waals surface area contributed by atoms with Crippen molar-refractivity contribution in [2.45, 2.75) is 13.0 Å². The van der Waals surface area contributed by atoms with E-state index in [2.05, 4.69) is 33.0 Å². The molecule has 4 aromatic rings. The van der Waals surface area contributed by atoms with Crippen LogP contribution in [0.3, 0.4) is 0 Å². The molecule has 0 aliphatic carbocycles. The Hall–Kier alpha value is -3.71. The maximum Gasteiger partial charge on any atom is 0.337 e. The Morgan fingerprint density at radius 2 is 1.88 bits per heavy atom. The molecule has 1 aliphatic heterocycles. The summed E-state index contributed by atoms with van der Waals surface area (Å²) >= 11 is 0. The van der Waals surface area contributed by atoms with Gasteiger partial charge >= 0.3 is 5.97 Å². The maximum absolute atomic E-state index is 12.2. The van der Waals surface area contributed by atoms with E-state index in [-0.39, 0.29) is 5.97 Å². The van der Waals surface area contributed by atoms with Gasteiger partial charge in [0.15, 0.2) is 0 Å². The van der Waals surface area contributed by atoms with E-state index in [0.717, 1.165) is 67.1 Å². The van der Waals surface area contributed by atoms with Gasteiger partial charge in [-0.15, -0.1) is 0 Å². The lowest BCUT2D eigenvalue weighted by Gasteiger charge is -2.25. The minimum absolute atomic E-state index is 0.326. The van der Waals surface area contributed by atoms with E-state index in [4.69, 9.17) is 9.84 Å². The summed E-state index contributed by atoms with van der Waals surface area (Å²) in [7, 11) is 1.42. The van der Waals surface area contributed by atoms with E-state index in [1.54, 1.807) is 6.20 Å². The molecule has 0 N–H and O–H groups in total. The first-order chi connectivity index (χ1) is 16.2. The largest absolute Gasteiger partial charge is 0.465 e. The average molecular weight is 442 g/mol. The minimum Gasteiger partial charge on any atom is -0.465 e. The number of carbonyl (C=O) groups excluding carboxylic acids is 1. The van der Waals surface area contributed by atoms with Crippen molar-refractivity contribution in [1.82, 2.24) is 19.7 Å². The van der Waals surface area contributed by atoms with Crippen LogP contribution in [0.25, 0.3) is 16.6 Å². The van der Waals surface area contributed by atoms with Crippen LogP contribution >= 0.6 is 0 Å². The van der Waals surface area contributed by atoms with Crippen molar-refractivity contribution in [3.8, 4) is 5.69 Å². The number of anilines is 1. The highest BCUT2D eigenvalue weighted by Crippen LogP contribution is 2.28. The molecule has 5 rings (SSSR count). The Labute approximate surface area is 193 Å². The third-order valence-electron chi connectivity index (χ3n) is 6.09. The highest BCUT2D eigenvalue weighted by molar-refractivity contribution is 6.00. The van der Waals surface area contributed by atoms with Crippen molar-refractivity contribution in [3.63, 3.8) is 0 Å². The number of fused-ring (bicyclic) bond motifs is 1. The topological polar surface area (TPSA) is 63.5 Å². The second kappa shape index (κ2) is 9.42. The molecule has 1 fully saturated rings. The molecule has 0 atom stereocenters. The van der Waals surface area contributed by atoms with E-state index in [0.29, 0.717) is 5.56 Å². The molecule has 0 amide bonds. The fourth-order valence-corrected chi connectivity index (χ4v) is 4.42. The number of aromatic nitrogens is 3. The lowest BCUT2D eigenvalue weighted by Crippen LogP contribution is -2.31. The van der Waals surface area contributed by atoms with Gasteiger partial charge in [0.05, 0.1) is 35.3 Å². The Morgan fingerprint density at radius 3 is 2.73 bits per heavy atom. The van der Waals surface area contributed by atoms with Crippen molar-refractivity contribution in [2.24, 2.45) is 0 Å². The fraction of sp³-hybridized carbons (Fsp3) is 0.269. The van der Waals surface area contributed by atoms with Crippen LogP contribution in [0, 0.1) is 0 Å². The fourth-order valence-electron chi connectivity index (χ4n) is 4.42. The number of nitrogens with zero attached hydrogens (tertiary/aromatic N) is 5. The summed E-state index contributed by atoms with van der Waals surface area (Å²) in [5.41, 5.74) is 4.59. The highest BCUT2D eigenvalue weighted by atomic mass is 16.5. The second-order valence-electron chi connectivity index (χ2n) is 8.27. The van der Waals surface area contributed by atoms with E-state index in [1.807, 2.05) is 53.3 Å². The van der Waals surface area contributed by atoms with Gasteiger partial charge in [0.25, 0.3) is 0 Å². The number of hydrogen-bond acceptors (Lipinski definition) is 6. The Bertz CT molecular complexity index is 1250. The molecule has 1 aliphatic rings. The molecular weight excluding hydrogens is 414 g/mol. The number of hydrogen-bond donors (Lipinski definition) is 0. The van der Waals surface area contributed by atoms with Crippen LogP contribution < -0.4 is 4.90 Å². The first kappa shape index (κ1) is 21.2. The van der Waals surface area contributed by atoms with E-state index in [1.165, 1.54) is 7.11 Å². The standard InChI is InChI=1S/C26H27N5O2/c1-33-26(32)21-17-20-7-5-11-27-25(20)24(18-21)30-13-6-12-29(15-16-30)19-22-10-14-31(28-22)23-8-3-2-4-9-23/h2-5,7-11,14,17-18H,6,12-13,15-16,19H2,1H3. The summed E-state index contributed by atoms with van der Waals surface area (Å²) in [6.45, 7) is 4.49. The molecule has 0 bridgehead atoms. The van der Waals surface area contributed by atoms with E-state index < -0.39 is 0 Å². The van der Waals surface area contributed by atoms with E-state index in [9.17, 15) is 4.79 Å². The van der Waals surface area contributed by atoms with Crippen LogP contribution in [0.5, 0.6) is 0 Å². The summed E-state index contributed by atoms with van der Waals surface area (Å²) in [6.07, 6.45) is 4.85. The SMILES string of the molecule is COC(=O)c1cc(N2CCCN(Cc3ccn(-c4ccccc4)n3)CC2)c2ncccc2c1. The number of methoxy groups -OCH3 is 1. The van der Waals surface area contributed by atoms with Crippen LogP contribution in [-0.2, 0) is 11.3 Å². The molecule has 1 saturated heterocycles. The zero-order chi connectivity index (χ0) is 22.6. The molecule has 0 saturated carbocycles. The third kappa shape index (κ3) is 4.59. The first-order valence-electron chi connectivity index (χ1n) is 11.3. The summed E-state index contributed by atoms with van der Waals surface area (Å²) < 4.78 is 6.90. The molecule has 3 heterocycles. The Morgan fingerprint density at radius 1 is 1.00 bits per heavy atom. The summed E-state index contributed by atoms with van der Waals surface area (Å²) in [6, 6.07) is 19.9. The highest BCUT2D eigenvalue weighted by Gasteiger charge is 2.20. The Kier molecular flexibility index (Phi) is 6.04. The zero-order valence-electron chi connectivity index (χ0n) is 18.7. The number of ether oxygens (including phenoxy) is 1. The van der Waals surface area contributed by atoms with Crippen LogP contribution in [0.15, 0.2) is 73.1 Å². The third-order valence-corrected chi connectivity index (χ3v) is 6.09. The van der Waals surface area contributed by atoms with Crippen molar-refractivity contribution < 1.29 is 9.53 Å². The van der Waals surface area contributed by atoms with Gasteiger partial charge in [0.1, 0.15) is 0 Å². The van der Waals surface area contributed by atoms with Gasteiger partial charge in [0, 0.05) is 50.5 Å². The Balaban J connectivity index is 1.32. The van der Waals surface area contributed by atoms with Crippen molar-refractivity contribution in [3.05, 3.63) is 84.3 Å². The maximum atomic E-state index is 12.2. The summed E-state index contributed by atoms with van der Waals surface area (Å²) in [5.74, 6) is -0.326. The second-order valence-corrected chi connectivity index (χ2v) is 8.27. The lowest BCUT2D eigenvalue weighted by atomic mass is 10.1. The van der Waals surface area contributed by atoms with E-state index >= 15 is 0 Å². The number of esters is 1. The lowest BCUT2D eigenvalue weighted by molar-refractivity contribution is 0.0601. The van der Waals surface area contributed by atoms with Crippen molar-refractivity contribution in [2.75, 3.05) is 38.2 Å².